The topological polar surface area (TPSA) is 96.1 Å². The number of hydrogen-bond donors (Lipinski definition) is 2. The second-order valence-electron chi connectivity index (χ2n) is 11.7. The monoisotopic (exact) mass is 582 g/mol. The molecule has 2 N–H and O–H groups in total. The Morgan fingerprint density at radius 1 is 1.15 bits per heavy atom. The summed E-state index contributed by atoms with van der Waals surface area (Å²) in [6.07, 6.45) is 6.55. The predicted molar refractivity (Wildman–Crippen MR) is 157 cm³/mol. The minimum atomic E-state index is -1.43. The molecule has 4 aliphatic rings. The van der Waals surface area contributed by atoms with E-state index in [1.165, 1.54) is 23.9 Å². The number of likely N-dealkylation sites (tertiary alicyclic amines) is 1. The van der Waals surface area contributed by atoms with E-state index in [0.717, 1.165) is 18.7 Å². The smallest absolute Gasteiger partial charge is 0.129 e. The minimum absolute atomic E-state index is 0.245. The Morgan fingerprint density at radius 3 is 2.63 bits per heavy atom. The van der Waals surface area contributed by atoms with E-state index < -0.39 is 17.2 Å². The third-order valence-electron chi connectivity index (χ3n) is 8.77. The highest BCUT2D eigenvalue weighted by Crippen LogP contribution is 2.46. The van der Waals surface area contributed by atoms with Gasteiger partial charge in [0.25, 0.3) is 0 Å². The van der Waals surface area contributed by atoms with Crippen molar-refractivity contribution in [2.45, 2.75) is 42.9 Å². The van der Waals surface area contributed by atoms with Crippen molar-refractivity contribution < 1.29 is 18.1 Å². The fourth-order valence-electron chi connectivity index (χ4n) is 6.66. The maximum absolute atomic E-state index is 13.8. The first-order valence-electron chi connectivity index (χ1n) is 14.3. The lowest BCUT2D eigenvalue weighted by Crippen LogP contribution is -2.53. The minimum Gasteiger partial charge on any atom is -0.392 e. The van der Waals surface area contributed by atoms with E-state index in [1.54, 1.807) is 18.3 Å². The summed E-state index contributed by atoms with van der Waals surface area (Å²) in [6, 6.07) is 9.70. The molecule has 2 aromatic rings. The lowest BCUT2D eigenvalue weighted by atomic mass is 9.65. The van der Waals surface area contributed by atoms with Crippen LogP contribution in [0.25, 0.3) is 0 Å². The number of aliphatic hydroxyl groups excluding tert-OH is 1. The molecule has 8 nitrogen and oxygen atoms in total. The number of piperidine rings is 1. The summed E-state index contributed by atoms with van der Waals surface area (Å²) in [5.74, 6) is 0.138. The normalized spacial score (nSPS) is 30.8. The van der Waals surface area contributed by atoms with Crippen LogP contribution in [0.5, 0.6) is 0 Å². The number of halogens is 2. The molecule has 5 atom stereocenters. The molecule has 0 amide bonds. The summed E-state index contributed by atoms with van der Waals surface area (Å²) in [7, 11) is -1.43. The fraction of sp³-hybridized carbons (Fsp3) is 0.500. The van der Waals surface area contributed by atoms with Crippen LogP contribution in [0.15, 0.2) is 64.1 Å². The molecule has 0 bridgehead atoms. The number of aliphatic imine (C=N–C) groups is 1. The lowest BCUT2D eigenvalue weighted by molar-refractivity contribution is 0.118. The first-order chi connectivity index (χ1) is 19.8. The predicted octanol–water partition coefficient (Wildman–Crippen LogP) is 3.92. The molecule has 1 aromatic carbocycles. The van der Waals surface area contributed by atoms with Gasteiger partial charge >= 0.3 is 0 Å². The van der Waals surface area contributed by atoms with Gasteiger partial charge in [-0.25, -0.2) is 22.3 Å². The molecule has 3 saturated heterocycles. The molecular weight excluding hydrogens is 546 g/mol. The standard InChI is InChI=1S/C30H36F2N6O2S/c31-23-1-3-25(4-2-23)35-28-13-22-7-12-38(20-30(22,14-21(28)15-33)19-36-10-9-26(39)18-36)41(40)27-5-6-29(34-16-27)37-11-8-24(32)17-37/h1-6,13,15-16,21,24,26,33,39H,7-12,14,17-20H2. The number of nitrogens with one attached hydrogen (secondary N) is 1. The zero-order valence-corrected chi connectivity index (χ0v) is 23.8. The quantitative estimate of drug-likeness (QED) is 0.483. The van der Waals surface area contributed by atoms with Crippen molar-refractivity contribution in [2.24, 2.45) is 16.3 Å². The van der Waals surface area contributed by atoms with E-state index in [2.05, 4.69) is 16.0 Å². The number of aromatic nitrogens is 1. The Hall–Kier alpha value is -2.86. The Bertz CT molecular complexity index is 1350. The maximum atomic E-state index is 13.8. The molecule has 0 radical (unpaired) electrons. The second kappa shape index (κ2) is 11.8. The molecule has 4 heterocycles. The Morgan fingerprint density at radius 2 is 1.98 bits per heavy atom. The van der Waals surface area contributed by atoms with Crippen LogP contribution in [0.3, 0.4) is 0 Å². The summed E-state index contributed by atoms with van der Waals surface area (Å²) in [5, 5.41) is 18.5. The number of β-amino-alcohol motifs (C(OH)–C–C–N with tert-alkyl or cyclic N) is 1. The first-order valence-corrected chi connectivity index (χ1v) is 15.4. The first kappa shape index (κ1) is 28.3. The van der Waals surface area contributed by atoms with E-state index in [-0.39, 0.29) is 23.3 Å². The average molecular weight is 583 g/mol. The van der Waals surface area contributed by atoms with Gasteiger partial charge in [0.2, 0.25) is 0 Å². The van der Waals surface area contributed by atoms with Crippen molar-refractivity contribution >= 4 is 34.4 Å². The largest absolute Gasteiger partial charge is 0.392 e. The van der Waals surface area contributed by atoms with Gasteiger partial charge in [-0.2, -0.15) is 0 Å². The van der Waals surface area contributed by atoms with Crippen molar-refractivity contribution in [3.05, 3.63) is 60.1 Å². The van der Waals surface area contributed by atoms with Crippen LogP contribution in [0.1, 0.15) is 25.7 Å². The average Bonchev–Trinajstić information content (AvgIpc) is 3.60. The lowest BCUT2D eigenvalue weighted by Gasteiger charge is -2.49. The van der Waals surface area contributed by atoms with Gasteiger partial charge in [0, 0.05) is 68.7 Å². The molecule has 3 aliphatic heterocycles. The highest BCUT2D eigenvalue weighted by molar-refractivity contribution is 7.82. The van der Waals surface area contributed by atoms with Gasteiger partial charge in [-0.3, -0.25) is 9.89 Å². The molecule has 1 aliphatic carbocycles. The van der Waals surface area contributed by atoms with Crippen LogP contribution in [0.4, 0.5) is 20.3 Å². The summed E-state index contributed by atoms with van der Waals surface area (Å²) in [4.78, 5) is 14.1. The molecule has 11 heteroatoms. The number of fused-ring (bicyclic) bond motifs is 1. The van der Waals surface area contributed by atoms with Gasteiger partial charge in [-0.15, -0.1) is 0 Å². The second-order valence-corrected chi connectivity index (χ2v) is 13.2. The van der Waals surface area contributed by atoms with Gasteiger partial charge in [-0.05, 0) is 68.2 Å². The number of aliphatic hydroxyl groups is 1. The number of allylic oxidation sites excluding steroid dienone is 1. The maximum Gasteiger partial charge on any atom is 0.129 e. The van der Waals surface area contributed by atoms with Crippen molar-refractivity contribution in [3.63, 3.8) is 0 Å². The van der Waals surface area contributed by atoms with Crippen LogP contribution < -0.4 is 4.90 Å². The molecular formula is C30H36F2N6O2S. The van der Waals surface area contributed by atoms with E-state index in [0.29, 0.717) is 74.9 Å². The highest BCUT2D eigenvalue weighted by Gasteiger charge is 2.47. The molecule has 1 aromatic heterocycles. The molecule has 0 spiro atoms. The number of benzene rings is 1. The van der Waals surface area contributed by atoms with Crippen LogP contribution in [-0.2, 0) is 11.0 Å². The van der Waals surface area contributed by atoms with Gasteiger partial charge < -0.3 is 15.4 Å². The van der Waals surface area contributed by atoms with Crippen LogP contribution in [0.2, 0.25) is 0 Å². The summed E-state index contributed by atoms with van der Waals surface area (Å²) in [5.41, 5.74) is 2.28. The third-order valence-corrected chi connectivity index (χ3v) is 10.2. The third kappa shape index (κ3) is 6.04. The fourth-order valence-corrected chi connectivity index (χ4v) is 7.91. The number of alkyl halides is 1. The number of pyridine rings is 1. The SMILES string of the molecule is N=CC1CC2(CN3CCC(O)C3)CN(S(=O)c3ccc(N4CCC(F)C4)nc3)CCC2=CC1=Nc1ccc(F)cc1. The Balaban J connectivity index is 1.27. The summed E-state index contributed by atoms with van der Waals surface area (Å²) < 4.78 is 43.0. The zero-order valence-electron chi connectivity index (χ0n) is 23.0. The Kier molecular flexibility index (Phi) is 8.13. The number of anilines is 1. The van der Waals surface area contributed by atoms with Crippen molar-refractivity contribution in [3.8, 4) is 0 Å². The molecule has 6 rings (SSSR count). The van der Waals surface area contributed by atoms with Crippen LogP contribution in [-0.4, -0.2) is 93.5 Å². The molecule has 218 valence electrons. The number of rotatable bonds is 7. The highest BCUT2D eigenvalue weighted by atomic mass is 32.2. The van der Waals surface area contributed by atoms with Crippen LogP contribution in [0, 0.1) is 22.6 Å². The van der Waals surface area contributed by atoms with E-state index in [4.69, 9.17) is 10.4 Å². The molecule has 5 unspecified atom stereocenters. The van der Waals surface area contributed by atoms with Crippen molar-refractivity contribution in [1.82, 2.24) is 14.2 Å². The van der Waals surface area contributed by atoms with Gasteiger partial charge in [-0.1, -0.05) is 5.57 Å². The number of nitrogens with zero attached hydrogens (tertiary/aromatic N) is 5. The molecule has 41 heavy (non-hydrogen) atoms. The van der Waals surface area contributed by atoms with Crippen molar-refractivity contribution in [1.29, 1.82) is 5.41 Å². The van der Waals surface area contributed by atoms with Gasteiger partial charge in [0.15, 0.2) is 0 Å². The Labute approximate surface area is 241 Å². The summed E-state index contributed by atoms with van der Waals surface area (Å²) in [6.45, 7) is 4.21. The van der Waals surface area contributed by atoms with E-state index >= 15 is 0 Å². The van der Waals surface area contributed by atoms with Crippen molar-refractivity contribution in [2.75, 3.05) is 50.7 Å². The van der Waals surface area contributed by atoms with Crippen LogP contribution >= 0.6 is 0 Å². The molecule has 0 saturated carbocycles. The van der Waals surface area contributed by atoms with Gasteiger partial charge in [0.1, 0.15) is 28.8 Å². The molecule has 3 fully saturated rings. The van der Waals surface area contributed by atoms with Gasteiger partial charge in [0.05, 0.1) is 23.2 Å². The summed E-state index contributed by atoms with van der Waals surface area (Å²) >= 11 is 0. The zero-order chi connectivity index (χ0) is 28.6. The van der Waals surface area contributed by atoms with E-state index in [9.17, 15) is 18.1 Å². The number of hydrogen-bond acceptors (Lipinski definition) is 7. The van der Waals surface area contributed by atoms with E-state index in [1.807, 2.05) is 21.3 Å².